The van der Waals surface area contributed by atoms with Crippen LogP contribution in [0.15, 0.2) is 27.2 Å². The second-order valence-electron chi connectivity index (χ2n) is 3.08. The molecular formula is C10H8BrFN2O2. The van der Waals surface area contributed by atoms with Crippen molar-refractivity contribution < 1.29 is 13.7 Å². The SMILES string of the molecule is COc1c(Br)cc(F)cc1-c1cc(N)no1. The molecule has 0 radical (unpaired) electrons. The summed E-state index contributed by atoms with van der Waals surface area (Å²) in [6, 6.07) is 4.11. The van der Waals surface area contributed by atoms with Crippen LogP contribution in [-0.2, 0) is 0 Å². The Morgan fingerprint density at radius 1 is 1.44 bits per heavy atom. The van der Waals surface area contributed by atoms with Crippen LogP contribution in [0.1, 0.15) is 0 Å². The van der Waals surface area contributed by atoms with E-state index in [1.807, 2.05) is 0 Å². The maximum Gasteiger partial charge on any atom is 0.172 e. The number of hydrogen-bond donors (Lipinski definition) is 1. The molecule has 0 saturated carbocycles. The number of ether oxygens (including phenoxy) is 1. The van der Waals surface area contributed by atoms with E-state index in [2.05, 4.69) is 21.1 Å². The summed E-state index contributed by atoms with van der Waals surface area (Å²) in [4.78, 5) is 0. The Hall–Kier alpha value is -1.56. The summed E-state index contributed by atoms with van der Waals surface area (Å²) in [6.07, 6.45) is 0. The fourth-order valence-corrected chi connectivity index (χ4v) is 1.96. The molecule has 0 amide bonds. The predicted octanol–water partition coefficient (Wildman–Crippen LogP) is 2.83. The maximum absolute atomic E-state index is 13.3. The van der Waals surface area contributed by atoms with Gasteiger partial charge in [0.25, 0.3) is 0 Å². The third kappa shape index (κ3) is 1.88. The highest BCUT2D eigenvalue weighted by molar-refractivity contribution is 9.10. The molecule has 0 unspecified atom stereocenters. The Bertz CT molecular complexity index is 528. The highest BCUT2D eigenvalue weighted by Gasteiger charge is 2.15. The molecule has 2 aromatic rings. The third-order valence-electron chi connectivity index (χ3n) is 2.01. The summed E-state index contributed by atoms with van der Waals surface area (Å²) in [5.74, 6) is 0.655. The number of nitrogen functional groups attached to an aromatic ring is 1. The molecule has 16 heavy (non-hydrogen) atoms. The Morgan fingerprint density at radius 2 is 2.19 bits per heavy atom. The molecule has 0 saturated heterocycles. The van der Waals surface area contributed by atoms with E-state index in [0.29, 0.717) is 21.5 Å². The maximum atomic E-state index is 13.3. The van der Waals surface area contributed by atoms with Crippen molar-refractivity contribution in [3.05, 3.63) is 28.5 Å². The average molecular weight is 287 g/mol. The van der Waals surface area contributed by atoms with Crippen LogP contribution in [0.3, 0.4) is 0 Å². The minimum atomic E-state index is -0.405. The fraction of sp³-hybridized carbons (Fsp3) is 0.100. The molecule has 1 aromatic heterocycles. The number of nitrogens with zero attached hydrogens (tertiary/aromatic N) is 1. The first-order valence-electron chi connectivity index (χ1n) is 4.37. The first-order chi connectivity index (χ1) is 7.61. The van der Waals surface area contributed by atoms with Crippen LogP contribution < -0.4 is 10.5 Å². The van der Waals surface area contributed by atoms with Crippen LogP contribution in [-0.4, -0.2) is 12.3 Å². The molecule has 4 nitrogen and oxygen atoms in total. The van der Waals surface area contributed by atoms with Crippen molar-refractivity contribution >= 4 is 21.7 Å². The minimum Gasteiger partial charge on any atom is -0.495 e. The van der Waals surface area contributed by atoms with E-state index in [1.54, 1.807) is 0 Å². The zero-order valence-electron chi connectivity index (χ0n) is 8.33. The van der Waals surface area contributed by atoms with E-state index in [4.69, 9.17) is 15.0 Å². The smallest absolute Gasteiger partial charge is 0.172 e. The van der Waals surface area contributed by atoms with E-state index in [1.165, 1.54) is 25.3 Å². The molecule has 0 atom stereocenters. The molecule has 6 heteroatoms. The number of halogens is 2. The third-order valence-corrected chi connectivity index (χ3v) is 2.60. The van der Waals surface area contributed by atoms with Gasteiger partial charge in [-0.1, -0.05) is 5.16 Å². The molecule has 2 rings (SSSR count). The summed E-state index contributed by atoms with van der Waals surface area (Å²) in [6.45, 7) is 0. The molecule has 0 bridgehead atoms. The summed E-state index contributed by atoms with van der Waals surface area (Å²) in [5, 5.41) is 3.54. The van der Waals surface area contributed by atoms with Gasteiger partial charge in [0, 0.05) is 6.07 Å². The zero-order chi connectivity index (χ0) is 11.7. The minimum absolute atomic E-state index is 0.234. The lowest BCUT2D eigenvalue weighted by molar-refractivity contribution is 0.403. The summed E-state index contributed by atoms with van der Waals surface area (Å²) in [5.41, 5.74) is 5.89. The molecule has 1 aromatic carbocycles. The number of hydrogen-bond acceptors (Lipinski definition) is 4. The van der Waals surface area contributed by atoms with Crippen LogP contribution >= 0.6 is 15.9 Å². The van der Waals surface area contributed by atoms with Crippen molar-refractivity contribution in [3.63, 3.8) is 0 Å². The summed E-state index contributed by atoms with van der Waals surface area (Å²) >= 11 is 3.20. The Kier molecular flexibility index (Phi) is 2.82. The van der Waals surface area contributed by atoms with Crippen molar-refractivity contribution in [1.82, 2.24) is 5.16 Å². The normalized spacial score (nSPS) is 10.4. The Morgan fingerprint density at radius 3 is 2.75 bits per heavy atom. The number of methoxy groups -OCH3 is 1. The number of aromatic nitrogens is 1. The number of rotatable bonds is 2. The van der Waals surface area contributed by atoms with E-state index in [-0.39, 0.29) is 5.82 Å². The number of nitrogens with two attached hydrogens (primary N) is 1. The van der Waals surface area contributed by atoms with Crippen LogP contribution in [0, 0.1) is 5.82 Å². The molecule has 0 fully saturated rings. The van der Waals surface area contributed by atoms with Crippen LogP contribution in [0.25, 0.3) is 11.3 Å². The van der Waals surface area contributed by atoms with Gasteiger partial charge in [0.1, 0.15) is 11.6 Å². The first-order valence-corrected chi connectivity index (χ1v) is 5.16. The van der Waals surface area contributed by atoms with E-state index < -0.39 is 5.82 Å². The van der Waals surface area contributed by atoms with Gasteiger partial charge in [-0.05, 0) is 28.1 Å². The summed E-state index contributed by atoms with van der Waals surface area (Å²) in [7, 11) is 1.49. The Balaban J connectivity index is 2.63. The second-order valence-corrected chi connectivity index (χ2v) is 3.94. The Labute approximate surface area is 99.3 Å². The van der Waals surface area contributed by atoms with Gasteiger partial charge in [0.2, 0.25) is 0 Å². The van der Waals surface area contributed by atoms with Gasteiger partial charge in [-0.25, -0.2) is 4.39 Å². The molecule has 0 aliphatic rings. The zero-order valence-corrected chi connectivity index (χ0v) is 9.92. The lowest BCUT2D eigenvalue weighted by Crippen LogP contribution is -1.90. The van der Waals surface area contributed by atoms with E-state index in [0.717, 1.165) is 0 Å². The van der Waals surface area contributed by atoms with Gasteiger partial charge in [-0.15, -0.1) is 0 Å². The van der Waals surface area contributed by atoms with Gasteiger partial charge in [0.15, 0.2) is 11.6 Å². The molecule has 0 aliphatic carbocycles. The van der Waals surface area contributed by atoms with E-state index >= 15 is 0 Å². The van der Waals surface area contributed by atoms with Crippen molar-refractivity contribution in [2.24, 2.45) is 0 Å². The monoisotopic (exact) mass is 286 g/mol. The van der Waals surface area contributed by atoms with Gasteiger partial charge in [-0.3, -0.25) is 0 Å². The molecule has 0 spiro atoms. The van der Waals surface area contributed by atoms with Crippen molar-refractivity contribution in [1.29, 1.82) is 0 Å². The quantitative estimate of drug-likeness (QED) is 0.922. The second kappa shape index (κ2) is 4.13. The molecular weight excluding hydrogens is 279 g/mol. The van der Waals surface area contributed by atoms with Crippen LogP contribution in [0.4, 0.5) is 10.2 Å². The largest absolute Gasteiger partial charge is 0.495 e. The highest BCUT2D eigenvalue weighted by atomic mass is 79.9. The first kappa shape index (κ1) is 10.9. The topological polar surface area (TPSA) is 61.3 Å². The standard InChI is InChI=1S/C10H8BrFN2O2/c1-15-10-6(2-5(12)3-7(10)11)8-4-9(13)14-16-8/h2-4H,1H3,(H2,13,14). The van der Waals surface area contributed by atoms with Gasteiger partial charge in [0.05, 0.1) is 17.1 Å². The molecule has 1 heterocycles. The number of anilines is 1. The lowest BCUT2D eigenvalue weighted by atomic mass is 10.1. The molecule has 84 valence electrons. The molecule has 2 N–H and O–H groups in total. The van der Waals surface area contributed by atoms with Gasteiger partial charge >= 0.3 is 0 Å². The average Bonchev–Trinajstić information content (AvgIpc) is 2.63. The van der Waals surface area contributed by atoms with Crippen LogP contribution in [0.5, 0.6) is 5.75 Å². The highest BCUT2D eigenvalue weighted by Crippen LogP contribution is 2.37. The summed E-state index contributed by atoms with van der Waals surface area (Å²) < 4.78 is 23.9. The molecule has 0 aliphatic heterocycles. The van der Waals surface area contributed by atoms with E-state index in [9.17, 15) is 4.39 Å². The van der Waals surface area contributed by atoms with Crippen molar-refractivity contribution in [3.8, 4) is 17.1 Å². The van der Waals surface area contributed by atoms with Crippen molar-refractivity contribution in [2.45, 2.75) is 0 Å². The fourth-order valence-electron chi connectivity index (χ4n) is 1.37. The lowest BCUT2D eigenvalue weighted by Gasteiger charge is -2.07. The van der Waals surface area contributed by atoms with Gasteiger partial charge in [-0.2, -0.15) is 0 Å². The van der Waals surface area contributed by atoms with Crippen LogP contribution in [0.2, 0.25) is 0 Å². The van der Waals surface area contributed by atoms with Gasteiger partial charge < -0.3 is 15.0 Å². The predicted molar refractivity (Wildman–Crippen MR) is 60.6 cm³/mol. The van der Waals surface area contributed by atoms with Crippen molar-refractivity contribution in [2.75, 3.05) is 12.8 Å². The number of benzene rings is 1.